The fourth-order valence-electron chi connectivity index (χ4n) is 1.81. The Balaban J connectivity index is 2.44. The molecule has 0 spiro atoms. The van der Waals surface area contributed by atoms with E-state index in [1.165, 1.54) is 6.20 Å². The number of rotatable bonds is 3. The monoisotopic (exact) mass is 297 g/mol. The molecular formula is C17H15NO4. The molecule has 0 radical (unpaired) electrons. The summed E-state index contributed by atoms with van der Waals surface area (Å²) in [5, 5.41) is 9.20. The zero-order chi connectivity index (χ0) is 16.1. The number of esters is 1. The zero-order valence-electron chi connectivity index (χ0n) is 12.2. The van der Waals surface area contributed by atoms with Crippen LogP contribution in [-0.4, -0.2) is 28.1 Å². The highest BCUT2D eigenvalue weighted by Gasteiger charge is 2.21. The van der Waals surface area contributed by atoms with Gasteiger partial charge in [-0.25, -0.2) is 9.59 Å². The molecule has 0 aliphatic carbocycles. The van der Waals surface area contributed by atoms with E-state index in [0.717, 1.165) is 5.56 Å². The lowest BCUT2D eigenvalue weighted by Crippen LogP contribution is -2.13. The maximum atomic E-state index is 12.0. The van der Waals surface area contributed by atoms with Gasteiger partial charge in [0.2, 0.25) is 0 Å². The average molecular weight is 297 g/mol. The summed E-state index contributed by atoms with van der Waals surface area (Å²) in [6, 6.07) is 9.11. The van der Waals surface area contributed by atoms with Crippen LogP contribution >= 0.6 is 0 Å². The van der Waals surface area contributed by atoms with Gasteiger partial charge in [-0.15, -0.1) is 0 Å². The van der Waals surface area contributed by atoms with Crippen LogP contribution in [-0.2, 0) is 4.74 Å². The minimum Gasteiger partial charge on any atom is -0.478 e. The van der Waals surface area contributed by atoms with E-state index in [9.17, 15) is 14.7 Å². The first-order valence-electron chi connectivity index (χ1n) is 6.71. The quantitative estimate of drug-likeness (QED) is 0.674. The van der Waals surface area contributed by atoms with Crippen molar-refractivity contribution in [2.75, 3.05) is 0 Å². The summed E-state index contributed by atoms with van der Waals surface area (Å²) in [5.41, 5.74) is 0.846. The Morgan fingerprint density at radius 3 is 2.45 bits per heavy atom. The molecule has 0 aliphatic heterocycles. The van der Waals surface area contributed by atoms with E-state index < -0.39 is 11.9 Å². The van der Waals surface area contributed by atoms with Gasteiger partial charge in [0.25, 0.3) is 0 Å². The van der Waals surface area contributed by atoms with E-state index in [1.807, 2.05) is 18.2 Å². The molecule has 0 aliphatic rings. The number of carboxylic acid groups (broad SMARTS) is 1. The van der Waals surface area contributed by atoms with E-state index >= 15 is 0 Å². The molecule has 2 aromatic rings. The lowest BCUT2D eigenvalue weighted by molar-refractivity contribution is 0.0371. The van der Waals surface area contributed by atoms with Crippen LogP contribution < -0.4 is 0 Å². The summed E-state index contributed by atoms with van der Waals surface area (Å²) < 4.78 is 5.09. The van der Waals surface area contributed by atoms with Crippen molar-refractivity contribution < 1.29 is 19.4 Å². The summed E-state index contributed by atoms with van der Waals surface area (Å²) in [7, 11) is 0. The van der Waals surface area contributed by atoms with Crippen molar-refractivity contribution in [2.24, 2.45) is 0 Å². The number of carboxylic acids is 1. The fourth-order valence-corrected chi connectivity index (χ4v) is 1.81. The Labute approximate surface area is 127 Å². The van der Waals surface area contributed by atoms with Gasteiger partial charge >= 0.3 is 11.9 Å². The highest BCUT2D eigenvalue weighted by atomic mass is 16.5. The first kappa shape index (κ1) is 15.4. The van der Waals surface area contributed by atoms with Gasteiger partial charge in [-0.3, -0.25) is 0 Å². The SMILES string of the molecule is CC(C)OC(=O)c1[nH]cc(C(=O)O)c1C#Cc1ccccc1. The largest absolute Gasteiger partial charge is 0.478 e. The van der Waals surface area contributed by atoms with Crippen molar-refractivity contribution in [2.45, 2.75) is 20.0 Å². The predicted octanol–water partition coefficient (Wildman–Crippen LogP) is 2.68. The topological polar surface area (TPSA) is 79.4 Å². The van der Waals surface area contributed by atoms with Gasteiger partial charge in [0, 0.05) is 11.8 Å². The van der Waals surface area contributed by atoms with E-state index in [0.29, 0.717) is 0 Å². The van der Waals surface area contributed by atoms with Crippen molar-refractivity contribution in [3.8, 4) is 11.8 Å². The predicted molar refractivity (Wildman–Crippen MR) is 80.7 cm³/mol. The number of benzene rings is 1. The maximum Gasteiger partial charge on any atom is 0.356 e. The van der Waals surface area contributed by atoms with Crippen LogP contribution in [0.2, 0.25) is 0 Å². The summed E-state index contributed by atoms with van der Waals surface area (Å²) in [6.45, 7) is 3.43. The number of aromatic carboxylic acids is 1. The van der Waals surface area contributed by atoms with Crippen molar-refractivity contribution in [1.29, 1.82) is 0 Å². The summed E-state index contributed by atoms with van der Waals surface area (Å²) in [4.78, 5) is 25.9. The average Bonchev–Trinajstić information content (AvgIpc) is 2.89. The van der Waals surface area contributed by atoms with Crippen LogP contribution in [0.4, 0.5) is 0 Å². The number of hydrogen-bond donors (Lipinski definition) is 2. The van der Waals surface area contributed by atoms with Crippen LogP contribution in [0.25, 0.3) is 0 Å². The summed E-state index contributed by atoms with van der Waals surface area (Å²) in [6.07, 6.45) is 0.938. The number of hydrogen-bond acceptors (Lipinski definition) is 3. The van der Waals surface area contributed by atoms with Crippen LogP contribution in [0.5, 0.6) is 0 Å². The van der Waals surface area contributed by atoms with Crippen LogP contribution in [0.1, 0.15) is 45.8 Å². The highest BCUT2D eigenvalue weighted by Crippen LogP contribution is 2.15. The molecule has 112 valence electrons. The van der Waals surface area contributed by atoms with Crippen molar-refractivity contribution >= 4 is 11.9 Å². The third-order valence-corrected chi connectivity index (χ3v) is 2.76. The number of aromatic amines is 1. The molecule has 2 rings (SSSR count). The molecule has 0 atom stereocenters. The van der Waals surface area contributed by atoms with Gasteiger partial charge in [0.1, 0.15) is 5.69 Å². The minimum atomic E-state index is -1.16. The number of nitrogens with one attached hydrogen (secondary N) is 1. The standard InChI is InChI=1S/C17H15NO4/c1-11(2)22-17(21)15-13(14(10-18-15)16(19)20)9-8-12-6-4-3-5-7-12/h3-7,10-11,18H,1-2H3,(H,19,20). The van der Waals surface area contributed by atoms with Gasteiger partial charge in [0.15, 0.2) is 0 Å². The Kier molecular flexibility index (Phi) is 4.64. The third-order valence-electron chi connectivity index (χ3n) is 2.76. The molecule has 2 N–H and O–H groups in total. The number of aromatic nitrogens is 1. The molecule has 0 bridgehead atoms. The Bertz CT molecular complexity index is 748. The molecule has 0 saturated carbocycles. The molecule has 0 saturated heterocycles. The smallest absolute Gasteiger partial charge is 0.356 e. The highest BCUT2D eigenvalue weighted by molar-refractivity contribution is 5.98. The Hall–Kier alpha value is -3.00. The van der Waals surface area contributed by atoms with E-state index in [4.69, 9.17) is 4.74 Å². The number of H-pyrrole nitrogens is 1. The lowest BCUT2D eigenvalue weighted by atomic mass is 10.1. The Morgan fingerprint density at radius 1 is 1.18 bits per heavy atom. The fraction of sp³-hybridized carbons (Fsp3) is 0.176. The van der Waals surface area contributed by atoms with E-state index in [2.05, 4.69) is 16.8 Å². The van der Waals surface area contributed by atoms with E-state index in [1.54, 1.807) is 26.0 Å². The maximum absolute atomic E-state index is 12.0. The van der Waals surface area contributed by atoms with Gasteiger partial charge in [-0.05, 0) is 26.0 Å². The molecule has 1 aromatic carbocycles. The summed E-state index contributed by atoms with van der Waals surface area (Å²) in [5.74, 6) is 3.82. The van der Waals surface area contributed by atoms with Gasteiger partial charge in [0.05, 0.1) is 17.2 Å². The summed E-state index contributed by atoms with van der Waals surface area (Å²) >= 11 is 0. The molecule has 0 unspecified atom stereocenters. The van der Waals surface area contributed by atoms with Crippen molar-refractivity contribution in [1.82, 2.24) is 4.98 Å². The number of carbonyl (C=O) groups excluding carboxylic acids is 1. The third kappa shape index (κ3) is 3.55. The van der Waals surface area contributed by atoms with Gasteiger partial charge < -0.3 is 14.8 Å². The van der Waals surface area contributed by atoms with Crippen molar-refractivity contribution in [3.63, 3.8) is 0 Å². The van der Waals surface area contributed by atoms with E-state index in [-0.39, 0.29) is 22.9 Å². The van der Waals surface area contributed by atoms with Crippen LogP contribution in [0.15, 0.2) is 36.5 Å². The molecular weight excluding hydrogens is 282 g/mol. The normalized spacial score (nSPS) is 9.95. The Morgan fingerprint density at radius 2 is 1.86 bits per heavy atom. The molecule has 5 nitrogen and oxygen atoms in total. The van der Waals surface area contributed by atoms with Gasteiger partial charge in [-0.2, -0.15) is 0 Å². The van der Waals surface area contributed by atoms with Crippen molar-refractivity contribution in [3.05, 3.63) is 58.9 Å². The molecule has 1 aromatic heterocycles. The molecule has 1 heterocycles. The molecule has 5 heteroatoms. The molecule has 22 heavy (non-hydrogen) atoms. The second kappa shape index (κ2) is 6.64. The second-order valence-electron chi connectivity index (χ2n) is 4.83. The van der Waals surface area contributed by atoms with Gasteiger partial charge in [-0.1, -0.05) is 30.0 Å². The lowest BCUT2D eigenvalue weighted by Gasteiger charge is -2.06. The minimum absolute atomic E-state index is 0.0505. The molecule has 0 amide bonds. The first-order valence-corrected chi connectivity index (χ1v) is 6.71. The first-order chi connectivity index (χ1) is 10.5. The number of ether oxygens (including phenoxy) is 1. The van der Waals surface area contributed by atoms with Crippen LogP contribution in [0.3, 0.4) is 0 Å². The molecule has 0 fully saturated rings. The zero-order valence-corrected chi connectivity index (χ0v) is 12.2. The number of carbonyl (C=O) groups is 2. The second-order valence-corrected chi connectivity index (χ2v) is 4.83. The van der Waals surface area contributed by atoms with Crippen LogP contribution in [0, 0.1) is 11.8 Å².